The Morgan fingerprint density at radius 2 is 1.88 bits per heavy atom. The van der Waals surface area contributed by atoms with Gasteiger partial charge in [-0.15, -0.1) is 0 Å². The summed E-state index contributed by atoms with van der Waals surface area (Å²) in [5.74, 6) is 0.623. The van der Waals surface area contributed by atoms with Gasteiger partial charge in [0.1, 0.15) is 6.29 Å². The van der Waals surface area contributed by atoms with Crippen molar-refractivity contribution in [2.75, 3.05) is 6.61 Å². The minimum Gasteiger partial charge on any atom is -0.396 e. The van der Waals surface area contributed by atoms with Crippen LogP contribution in [0.5, 0.6) is 0 Å². The van der Waals surface area contributed by atoms with Crippen molar-refractivity contribution in [2.45, 2.75) is 65.9 Å². The molecule has 0 bridgehead atoms. The van der Waals surface area contributed by atoms with Gasteiger partial charge in [-0.05, 0) is 61.5 Å². The maximum Gasteiger partial charge on any atom is 0.160 e. The van der Waals surface area contributed by atoms with Gasteiger partial charge in [-0.25, -0.2) is 0 Å². The summed E-state index contributed by atoms with van der Waals surface area (Å²) in [6.07, 6.45) is 7.35. The van der Waals surface area contributed by atoms with Crippen molar-refractivity contribution in [3.05, 3.63) is 23.3 Å². The van der Waals surface area contributed by atoms with Crippen molar-refractivity contribution in [1.29, 1.82) is 0 Å². The van der Waals surface area contributed by atoms with Gasteiger partial charge < -0.3 is 10.2 Å². The molecule has 3 aliphatic carbocycles. The van der Waals surface area contributed by atoms with E-state index in [1.165, 1.54) is 6.08 Å². The van der Waals surface area contributed by atoms with Crippen molar-refractivity contribution < 1.29 is 19.8 Å². The molecule has 3 rings (SSSR count). The number of ketones is 1. The number of fused-ring (bicyclic) bond motifs is 3. The summed E-state index contributed by atoms with van der Waals surface area (Å²) < 4.78 is 0. The van der Waals surface area contributed by atoms with E-state index in [4.69, 9.17) is 0 Å². The average molecular weight is 360 g/mol. The lowest BCUT2D eigenvalue weighted by molar-refractivity contribution is -0.178. The van der Waals surface area contributed by atoms with E-state index in [0.717, 1.165) is 36.7 Å². The van der Waals surface area contributed by atoms with Gasteiger partial charge in [0.15, 0.2) is 5.78 Å². The van der Waals surface area contributed by atoms with Crippen LogP contribution in [0.3, 0.4) is 0 Å². The van der Waals surface area contributed by atoms with E-state index < -0.39 is 11.5 Å². The largest absolute Gasteiger partial charge is 0.396 e. The van der Waals surface area contributed by atoms with E-state index >= 15 is 0 Å². The van der Waals surface area contributed by atoms with Gasteiger partial charge in [-0.2, -0.15) is 0 Å². The Balaban J connectivity index is 2.07. The van der Waals surface area contributed by atoms with Gasteiger partial charge in [0.05, 0.1) is 12.7 Å². The highest BCUT2D eigenvalue weighted by Crippen LogP contribution is 2.69. The SMILES string of the molecule is CC(/C=C/C=O)=C1/C(=O)C[C@H]2[C@@]3(C)CC[C@@H](O)[C@](C)(CO)C3CC[C@]12C. The Morgan fingerprint density at radius 3 is 2.50 bits per heavy atom. The quantitative estimate of drug-likeness (QED) is 0.599. The van der Waals surface area contributed by atoms with E-state index in [0.29, 0.717) is 12.8 Å². The summed E-state index contributed by atoms with van der Waals surface area (Å²) in [7, 11) is 0. The third-order valence-corrected chi connectivity index (χ3v) is 8.23. The van der Waals surface area contributed by atoms with Crippen LogP contribution in [0.4, 0.5) is 0 Å². The first-order chi connectivity index (χ1) is 12.1. The number of allylic oxidation sites excluding steroid dienone is 4. The molecule has 0 heterocycles. The van der Waals surface area contributed by atoms with Gasteiger partial charge in [0, 0.05) is 22.8 Å². The molecular formula is C22H32O4. The van der Waals surface area contributed by atoms with Crippen molar-refractivity contribution in [2.24, 2.45) is 28.1 Å². The van der Waals surface area contributed by atoms with Crippen molar-refractivity contribution in [1.82, 2.24) is 0 Å². The third-order valence-electron chi connectivity index (χ3n) is 8.23. The van der Waals surface area contributed by atoms with Crippen LogP contribution in [0.25, 0.3) is 0 Å². The molecule has 0 aromatic carbocycles. The summed E-state index contributed by atoms with van der Waals surface area (Å²) in [6.45, 7) is 8.40. The number of Topliss-reactive ketones (excluding diaryl/α,β-unsaturated/α-hetero) is 1. The van der Waals surface area contributed by atoms with E-state index in [1.807, 2.05) is 13.8 Å². The molecule has 0 aliphatic heterocycles. The second-order valence-electron chi connectivity index (χ2n) is 9.47. The number of hydrogen-bond acceptors (Lipinski definition) is 4. The number of hydrogen-bond donors (Lipinski definition) is 2. The fourth-order valence-corrected chi connectivity index (χ4v) is 6.88. The molecule has 0 radical (unpaired) electrons. The Bertz CT molecular complexity index is 678. The summed E-state index contributed by atoms with van der Waals surface area (Å²) in [4.78, 5) is 23.7. The second-order valence-corrected chi connectivity index (χ2v) is 9.47. The van der Waals surface area contributed by atoms with Crippen LogP contribution < -0.4 is 0 Å². The van der Waals surface area contributed by atoms with Crippen LogP contribution in [-0.2, 0) is 9.59 Å². The van der Waals surface area contributed by atoms with Crippen LogP contribution in [0.1, 0.15) is 59.8 Å². The minimum absolute atomic E-state index is 0.0183. The first-order valence-corrected chi connectivity index (χ1v) is 9.80. The maximum absolute atomic E-state index is 13.0. The fourth-order valence-electron chi connectivity index (χ4n) is 6.88. The molecule has 3 aliphatic rings. The normalized spacial score (nSPS) is 47.6. The molecule has 144 valence electrons. The Morgan fingerprint density at radius 1 is 1.19 bits per heavy atom. The van der Waals surface area contributed by atoms with Crippen LogP contribution >= 0.6 is 0 Å². The molecule has 0 aromatic heterocycles. The van der Waals surface area contributed by atoms with Crippen molar-refractivity contribution >= 4 is 12.1 Å². The molecule has 1 unspecified atom stereocenters. The molecular weight excluding hydrogens is 328 g/mol. The highest BCUT2D eigenvalue weighted by atomic mass is 16.3. The molecule has 26 heavy (non-hydrogen) atoms. The topological polar surface area (TPSA) is 74.6 Å². The number of aliphatic hydroxyl groups excluding tert-OH is 2. The van der Waals surface area contributed by atoms with Gasteiger partial charge in [0.25, 0.3) is 0 Å². The second kappa shape index (κ2) is 6.42. The molecule has 0 aromatic rings. The smallest absolute Gasteiger partial charge is 0.160 e. The first kappa shape index (κ1) is 19.5. The van der Waals surface area contributed by atoms with Crippen molar-refractivity contribution in [3.8, 4) is 0 Å². The summed E-state index contributed by atoms with van der Waals surface area (Å²) in [5.41, 5.74) is 1.01. The highest BCUT2D eigenvalue weighted by Gasteiger charge is 2.65. The zero-order chi connectivity index (χ0) is 19.3. The van der Waals surface area contributed by atoms with Gasteiger partial charge >= 0.3 is 0 Å². The summed E-state index contributed by atoms with van der Waals surface area (Å²) in [5, 5.41) is 20.7. The molecule has 6 atom stereocenters. The first-order valence-electron chi connectivity index (χ1n) is 9.80. The van der Waals surface area contributed by atoms with Crippen LogP contribution in [-0.4, -0.2) is 35.0 Å². The van der Waals surface area contributed by atoms with E-state index in [2.05, 4.69) is 13.8 Å². The van der Waals surface area contributed by atoms with E-state index in [-0.39, 0.29) is 35.1 Å². The van der Waals surface area contributed by atoms with Crippen molar-refractivity contribution in [3.63, 3.8) is 0 Å². The van der Waals surface area contributed by atoms with Crippen LogP contribution in [0.15, 0.2) is 23.3 Å². The third kappa shape index (κ3) is 2.49. The lowest BCUT2D eigenvalue weighted by Gasteiger charge is -2.62. The monoisotopic (exact) mass is 360 g/mol. The summed E-state index contributed by atoms with van der Waals surface area (Å²) >= 11 is 0. The number of carbonyl (C=O) groups excluding carboxylic acids is 2. The highest BCUT2D eigenvalue weighted by molar-refractivity contribution is 6.01. The molecule has 4 heteroatoms. The van der Waals surface area contributed by atoms with Gasteiger partial charge in [-0.1, -0.05) is 26.8 Å². The average Bonchev–Trinajstić information content (AvgIpc) is 2.88. The van der Waals surface area contributed by atoms with Gasteiger partial charge in [-0.3, -0.25) is 9.59 Å². The Labute approximate surface area is 156 Å². The zero-order valence-electron chi connectivity index (χ0n) is 16.4. The zero-order valence-corrected chi connectivity index (χ0v) is 16.4. The maximum atomic E-state index is 13.0. The molecule has 3 fully saturated rings. The van der Waals surface area contributed by atoms with E-state index in [1.54, 1.807) is 6.08 Å². The molecule has 0 spiro atoms. The Kier molecular flexibility index (Phi) is 4.81. The molecule has 3 saturated carbocycles. The molecule has 0 saturated heterocycles. The van der Waals surface area contributed by atoms with Crippen LogP contribution in [0.2, 0.25) is 0 Å². The number of carbonyl (C=O) groups is 2. The lowest BCUT2D eigenvalue weighted by atomic mass is 9.43. The Hall–Kier alpha value is -1.26. The molecule has 0 amide bonds. The van der Waals surface area contributed by atoms with E-state index in [9.17, 15) is 19.8 Å². The molecule has 4 nitrogen and oxygen atoms in total. The predicted octanol–water partition coefficient (Wildman–Crippen LogP) is 3.22. The summed E-state index contributed by atoms with van der Waals surface area (Å²) in [6, 6.07) is 0. The molecule has 2 N–H and O–H groups in total. The van der Waals surface area contributed by atoms with Crippen LogP contribution in [0, 0.1) is 28.1 Å². The number of aldehydes is 1. The number of rotatable bonds is 3. The van der Waals surface area contributed by atoms with Gasteiger partial charge in [0.2, 0.25) is 0 Å². The minimum atomic E-state index is -0.504. The standard InChI is InChI=1S/C22H32O4/c1-14(6-5-11-23)19-15(25)12-17-20(2)10-8-18(26)22(4,13-24)16(20)7-9-21(17,19)3/h5-6,11,16-18,24,26H,7-10,12-13H2,1-4H3/b6-5+,19-14+/t16?,17-,18+,20-,21-,22+/m0/s1. The predicted molar refractivity (Wildman–Crippen MR) is 100 cm³/mol. The fraction of sp³-hybridized carbons (Fsp3) is 0.727. The lowest BCUT2D eigenvalue weighted by Crippen LogP contribution is -2.59. The number of aliphatic hydroxyl groups is 2.